The summed E-state index contributed by atoms with van der Waals surface area (Å²) in [5, 5.41) is 16.0. The van der Waals surface area contributed by atoms with Gasteiger partial charge in [0.25, 0.3) is 5.91 Å². The van der Waals surface area contributed by atoms with Gasteiger partial charge in [0.1, 0.15) is 6.61 Å². The van der Waals surface area contributed by atoms with Crippen molar-refractivity contribution in [2.75, 3.05) is 13.7 Å². The lowest BCUT2D eigenvalue weighted by atomic mass is 10.1. The van der Waals surface area contributed by atoms with E-state index in [-0.39, 0.29) is 18.1 Å². The number of hydrogen-bond donors (Lipinski definition) is 2. The van der Waals surface area contributed by atoms with E-state index < -0.39 is 12.0 Å². The number of carbonyl (C=O) groups is 1. The van der Waals surface area contributed by atoms with Gasteiger partial charge >= 0.3 is 0 Å². The summed E-state index contributed by atoms with van der Waals surface area (Å²) in [6.45, 7) is 0.0783. The molecule has 1 heterocycles. The Labute approximate surface area is 188 Å². The Morgan fingerprint density at radius 1 is 1.20 bits per heavy atom. The van der Waals surface area contributed by atoms with Crippen molar-refractivity contribution < 1.29 is 24.1 Å². The van der Waals surface area contributed by atoms with Gasteiger partial charge in [0.15, 0.2) is 23.0 Å². The third-order valence-electron chi connectivity index (χ3n) is 4.54. The summed E-state index contributed by atoms with van der Waals surface area (Å²) < 4.78 is 17.6. The van der Waals surface area contributed by atoms with Gasteiger partial charge in [0, 0.05) is 10.0 Å². The van der Waals surface area contributed by atoms with Gasteiger partial charge in [-0.15, -0.1) is 0 Å². The minimum absolute atomic E-state index is 0.0375. The van der Waals surface area contributed by atoms with Crippen molar-refractivity contribution in [2.24, 2.45) is 5.10 Å². The van der Waals surface area contributed by atoms with E-state index in [1.807, 2.05) is 36.4 Å². The maximum Gasteiger partial charge on any atom is 0.284 e. The molecule has 3 aromatic rings. The number of aromatic hydroxyl groups is 1. The molecule has 0 aliphatic carbocycles. The van der Waals surface area contributed by atoms with Crippen LogP contribution in [0.4, 0.5) is 0 Å². The zero-order valence-corrected chi connectivity index (χ0v) is 18.9. The predicted molar refractivity (Wildman–Crippen MR) is 120 cm³/mol. The van der Waals surface area contributed by atoms with Gasteiger partial charge in [-0.2, -0.15) is 5.10 Å². The third kappa shape index (κ3) is 3.95. The van der Waals surface area contributed by atoms with Crippen molar-refractivity contribution in [2.45, 2.75) is 6.10 Å². The Morgan fingerprint density at radius 2 is 1.90 bits per heavy atom. The van der Waals surface area contributed by atoms with E-state index >= 15 is 0 Å². The lowest BCUT2D eigenvalue weighted by Gasteiger charge is -2.25. The Kier molecular flexibility index (Phi) is 5.83. The molecule has 154 valence electrons. The van der Waals surface area contributed by atoms with Gasteiger partial charge in [-0.3, -0.25) is 4.79 Å². The Morgan fingerprint density at radius 3 is 2.60 bits per heavy atom. The van der Waals surface area contributed by atoms with Crippen molar-refractivity contribution in [3.8, 4) is 23.0 Å². The first kappa shape index (κ1) is 20.5. The Hall–Kier alpha value is -2.78. The van der Waals surface area contributed by atoms with Crippen LogP contribution in [0.2, 0.25) is 0 Å². The highest BCUT2D eigenvalue weighted by Gasteiger charge is 2.27. The summed E-state index contributed by atoms with van der Waals surface area (Å²) in [6.07, 6.45) is 0.597. The van der Waals surface area contributed by atoms with Crippen molar-refractivity contribution in [1.29, 1.82) is 0 Å². The quantitative estimate of drug-likeness (QED) is 0.382. The van der Waals surface area contributed by atoms with Crippen LogP contribution in [0.15, 0.2) is 56.5 Å². The molecule has 0 fully saturated rings. The summed E-state index contributed by atoms with van der Waals surface area (Å²) in [6, 6.07) is 13.2. The van der Waals surface area contributed by atoms with E-state index in [9.17, 15) is 9.90 Å². The first-order valence-corrected chi connectivity index (χ1v) is 10.5. The number of carbonyl (C=O) groups excluding carboxylic acids is 1. The highest BCUT2D eigenvalue weighted by atomic mass is 79.9. The monoisotopic (exact) mass is 534 g/mol. The summed E-state index contributed by atoms with van der Waals surface area (Å²) in [4.78, 5) is 12.5. The maximum absolute atomic E-state index is 12.5. The second-order valence-corrected chi connectivity index (χ2v) is 8.03. The van der Waals surface area contributed by atoms with E-state index in [0.29, 0.717) is 26.0 Å². The fourth-order valence-corrected chi connectivity index (χ4v) is 3.81. The van der Waals surface area contributed by atoms with Crippen molar-refractivity contribution >= 4 is 54.8 Å². The Balaban J connectivity index is 1.47. The van der Waals surface area contributed by atoms with Gasteiger partial charge in [0.05, 0.1) is 17.8 Å². The van der Waals surface area contributed by atoms with Gasteiger partial charge < -0.3 is 19.3 Å². The largest absolute Gasteiger partial charge is 0.503 e. The molecule has 0 radical (unpaired) electrons. The van der Waals surface area contributed by atoms with Crippen LogP contribution in [0, 0.1) is 0 Å². The van der Waals surface area contributed by atoms with Crippen LogP contribution < -0.4 is 19.6 Å². The number of phenols is 1. The number of phenolic OH excluding ortho intramolecular Hbond substituents is 1. The SMILES string of the molecule is COc1cc(C=NNC(=O)C2COc3cc4ccccc4cc3O2)c(Br)c(Br)c1O. The zero-order chi connectivity index (χ0) is 21.3. The van der Waals surface area contributed by atoms with Gasteiger partial charge in [0.2, 0.25) is 6.10 Å². The number of ether oxygens (including phenoxy) is 3. The molecule has 1 amide bonds. The summed E-state index contributed by atoms with van der Waals surface area (Å²) in [7, 11) is 1.44. The van der Waals surface area contributed by atoms with E-state index in [0.717, 1.165) is 10.8 Å². The van der Waals surface area contributed by atoms with Crippen LogP contribution in [0.5, 0.6) is 23.0 Å². The standard InChI is InChI=1S/C21H16Br2N2O5/c1-28-16-8-13(18(22)19(23)20(16)26)9-24-25-21(27)17-10-29-14-6-11-4-2-3-5-12(11)7-15(14)30-17/h2-9,17,26H,10H2,1H3,(H,25,27). The molecule has 0 saturated carbocycles. The third-order valence-corrected chi connectivity index (χ3v) is 6.69. The lowest BCUT2D eigenvalue weighted by molar-refractivity contribution is -0.130. The molecule has 3 aromatic carbocycles. The second-order valence-electron chi connectivity index (χ2n) is 6.44. The van der Waals surface area contributed by atoms with Crippen molar-refractivity contribution in [3.05, 3.63) is 57.0 Å². The fourth-order valence-electron chi connectivity index (χ4n) is 2.98. The highest BCUT2D eigenvalue weighted by molar-refractivity contribution is 9.13. The number of hydrazone groups is 1. The van der Waals surface area contributed by atoms with Crippen LogP contribution in [0.25, 0.3) is 10.8 Å². The fraction of sp³-hybridized carbons (Fsp3) is 0.143. The molecule has 0 bridgehead atoms. The summed E-state index contributed by atoms with van der Waals surface area (Å²) in [5.74, 6) is 0.909. The number of methoxy groups -OCH3 is 1. The topological polar surface area (TPSA) is 89.4 Å². The number of nitrogens with zero attached hydrogens (tertiary/aromatic N) is 1. The number of amides is 1. The molecule has 7 nitrogen and oxygen atoms in total. The van der Waals surface area contributed by atoms with Crippen molar-refractivity contribution in [3.63, 3.8) is 0 Å². The van der Waals surface area contributed by atoms with Gasteiger partial charge in [-0.25, -0.2) is 5.43 Å². The van der Waals surface area contributed by atoms with Crippen LogP contribution in [0.1, 0.15) is 5.56 Å². The molecule has 0 spiro atoms. The van der Waals surface area contributed by atoms with Gasteiger partial charge in [-0.1, -0.05) is 24.3 Å². The number of halogens is 2. The first-order chi connectivity index (χ1) is 14.5. The molecule has 1 unspecified atom stereocenters. The minimum Gasteiger partial charge on any atom is -0.503 e. The van der Waals surface area contributed by atoms with E-state index in [4.69, 9.17) is 14.2 Å². The predicted octanol–water partition coefficient (Wildman–Crippen LogP) is 4.37. The molecule has 9 heteroatoms. The average Bonchev–Trinajstić information content (AvgIpc) is 2.77. The first-order valence-electron chi connectivity index (χ1n) is 8.88. The molecule has 30 heavy (non-hydrogen) atoms. The Bertz CT molecular complexity index is 1170. The summed E-state index contributed by atoms with van der Waals surface area (Å²) >= 11 is 6.64. The molecule has 0 aromatic heterocycles. The summed E-state index contributed by atoms with van der Waals surface area (Å²) in [5.41, 5.74) is 3.05. The van der Waals surface area contributed by atoms with E-state index in [2.05, 4.69) is 42.4 Å². The van der Waals surface area contributed by atoms with Crippen LogP contribution in [-0.4, -0.2) is 37.0 Å². The molecule has 2 N–H and O–H groups in total. The van der Waals surface area contributed by atoms with E-state index in [1.165, 1.54) is 13.3 Å². The average molecular weight is 536 g/mol. The van der Waals surface area contributed by atoms with Gasteiger partial charge in [-0.05, 0) is 60.8 Å². The number of nitrogens with one attached hydrogen (secondary N) is 1. The second kappa shape index (κ2) is 8.53. The lowest BCUT2D eigenvalue weighted by Crippen LogP contribution is -2.42. The number of rotatable bonds is 4. The zero-order valence-electron chi connectivity index (χ0n) is 15.7. The number of hydrogen-bond acceptors (Lipinski definition) is 6. The van der Waals surface area contributed by atoms with Crippen LogP contribution in [0.3, 0.4) is 0 Å². The van der Waals surface area contributed by atoms with Crippen LogP contribution in [-0.2, 0) is 4.79 Å². The van der Waals surface area contributed by atoms with Crippen molar-refractivity contribution in [1.82, 2.24) is 5.43 Å². The molecule has 1 aliphatic rings. The molecular formula is C21H16Br2N2O5. The number of benzene rings is 3. The molecule has 0 saturated heterocycles. The smallest absolute Gasteiger partial charge is 0.284 e. The maximum atomic E-state index is 12.5. The minimum atomic E-state index is -0.833. The molecule has 1 aliphatic heterocycles. The molecule has 1 atom stereocenters. The highest BCUT2D eigenvalue weighted by Crippen LogP contribution is 2.41. The molecule has 4 rings (SSSR count). The number of fused-ring (bicyclic) bond motifs is 2. The van der Waals surface area contributed by atoms with E-state index in [1.54, 1.807) is 6.07 Å². The normalized spacial score (nSPS) is 15.4. The molecular weight excluding hydrogens is 520 g/mol. The van der Waals surface area contributed by atoms with Crippen LogP contribution >= 0.6 is 31.9 Å².